The van der Waals surface area contributed by atoms with Gasteiger partial charge in [-0.15, -0.1) is 0 Å². The van der Waals surface area contributed by atoms with Crippen LogP contribution in [0.25, 0.3) is 0 Å². The summed E-state index contributed by atoms with van der Waals surface area (Å²) < 4.78 is 1.84. The first-order valence-corrected chi connectivity index (χ1v) is 9.00. The third-order valence-corrected chi connectivity index (χ3v) is 5.96. The minimum absolute atomic E-state index is 0.921. The van der Waals surface area contributed by atoms with Crippen LogP contribution in [0, 0.1) is 11.5 Å². The molecule has 0 aromatic rings. The number of rotatable bonds is 4. The smallest absolute Gasteiger partial charge is 0.173 e. The molecule has 0 aliphatic rings. The molecule has 0 atom stereocenters. The van der Waals surface area contributed by atoms with Crippen LogP contribution in [0.2, 0.25) is 0 Å². The molecule has 0 spiro atoms. The van der Waals surface area contributed by atoms with E-state index < -0.39 is 0 Å². The predicted octanol–water partition coefficient (Wildman–Crippen LogP) is 3.05. The second-order valence-corrected chi connectivity index (χ2v) is 6.57. The molecule has 19 heavy (non-hydrogen) atoms. The van der Waals surface area contributed by atoms with Crippen molar-refractivity contribution in [3.63, 3.8) is 0 Å². The van der Waals surface area contributed by atoms with Crippen molar-refractivity contribution in [1.29, 1.82) is 5.26 Å². The van der Waals surface area contributed by atoms with E-state index in [1.54, 1.807) is 21.6 Å². The third kappa shape index (κ3) is 10.2. The molecule has 0 heterocycles. The maximum atomic E-state index is 7.10. The first kappa shape index (κ1) is 21.1. The van der Waals surface area contributed by atoms with E-state index in [-0.39, 0.29) is 0 Å². The number of hydrogen-bond acceptors (Lipinski definition) is 6. The van der Waals surface area contributed by atoms with Gasteiger partial charge >= 0.3 is 0 Å². The molecule has 0 bridgehead atoms. The normalized spacial score (nSPS) is 8.79. The summed E-state index contributed by atoms with van der Waals surface area (Å²) in [4.78, 5) is 4.33. The SMILES string of the molecule is CCN(CC)C(=S)SSC(=S)N(CC)CC.N#CN. The van der Waals surface area contributed by atoms with Crippen LogP contribution in [0.5, 0.6) is 0 Å². The molecule has 0 aliphatic carbocycles. The van der Waals surface area contributed by atoms with E-state index in [9.17, 15) is 0 Å². The Morgan fingerprint density at radius 3 is 1.32 bits per heavy atom. The molecule has 0 rings (SSSR count). The van der Waals surface area contributed by atoms with E-state index in [0.717, 1.165) is 34.8 Å². The second kappa shape index (κ2) is 14.2. The van der Waals surface area contributed by atoms with Gasteiger partial charge in [0.15, 0.2) is 6.19 Å². The first-order valence-electron chi connectivity index (χ1n) is 6.04. The molecule has 0 saturated heterocycles. The quantitative estimate of drug-likeness (QED) is 0.363. The maximum Gasteiger partial charge on any atom is 0.173 e. The number of nitrogens with two attached hydrogens (primary N) is 1. The van der Waals surface area contributed by atoms with Crippen molar-refractivity contribution in [2.45, 2.75) is 27.7 Å². The number of hydrogen-bond donors (Lipinski definition) is 1. The lowest BCUT2D eigenvalue weighted by molar-refractivity contribution is 0.482. The van der Waals surface area contributed by atoms with E-state index in [4.69, 9.17) is 29.7 Å². The molecule has 0 aromatic heterocycles. The Kier molecular flexibility index (Phi) is 15.7. The molecular formula is C11H22N4S4. The van der Waals surface area contributed by atoms with Gasteiger partial charge in [0.05, 0.1) is 0 Å². The zero-order chi connectivity index (χ0) is 15.3. The monoisotopic (exact) mass is 338 g/mol. The molecule has 0 radical (unpaired) electrons. The van der Waals surface area contributed by atoms with Gasteiger partial charge < -0.3 is 15.5 Å². The van der Waals surface area contributed by atoms with Crippen LogP contribution in [0.15, 0.2) is 0 Å². The van der Waals surface area contributed by atoms with E-state index in [0.29, 0.717) is 0 Å². The van der Waals surface area contributed by atoms with Crippen LogP contribution in [-0.4, -0.2) is 44.6 Å². The van der Waals surface area contributed by atoms with Gasteiger partial charge in [0.2, 0.25) is 0 Å². The Bertz CT molecular complexity index is 272. The molecule has 8 heteroatoms. The number of nitrogens with zero attached hydrogens (tertiary/aromatic N) is 3. The highest BCUT2D eigenvalue weighted by atomic mass is 33.1. The topological polar surface area (TPSA) is 56.3 Å². The standard InChI is InChI=1S/C10H20N2S4.CH2N2/c1-5-11(6-2)9(13)15-16-10(14)12(7-3)8-4;2-1-3/h5-8H2,1-4H3;2H2. The number of nitriles is 1. The van der Waals surface area contributed by atoms with Crippen molar-refractivity contribution in [2.75, 3.05) is 26.2 Å². The van der Waals surface area contributed by atoms with Gasteiger partial charge in [0.1, 0.15) is 8.64 Å². The third-order valence-electron chi connectivity index (χ3n) is 2.23. The highest BCUT2D eigenvalue weighted by molar-refractivity contribution is 8.89. The van der Waals surface area contributed by atoms with Crippen LogP contribution in [0.1, 0.15) is 27.7 Å². The Balaban J connectivity index is 0. The molecule has 0 aliphatic heterocycles. The minimum Gasteiger partial charge on any atom is -0.357 e. The summed E-state index contributed by atoms with van der Waals surface area (Å²) in [5.74, 6) is 0. The molecule has 110 valence electrons. The van der Waals surface area contributed by atoms with E-state index in [1.165, 1.54) is 6.19 Å². The molecule has 0 amide bonds. The van der Waals surface area contributed by atoms with Crippen LogP contribution in [0.4, 0.5) is 0 Å². The molecule has 2 N–H and O–H groups in total. The van der Waals surface area contributed by atoms with Gasteiger partial charge in [-0.2, -0.15) is 5.26 Å². The summed E-state index contributed by atoms with van der Waals surface area (Å²) >= 11 is 10.7. The van der Waals surface area contributed by atoms with Gasteiger partial charge in [-0.3, -0.25) is 0 Å². The Labute approximate surface area is 135 Å². The van der Waals surface area contributed by atoms with Gasteiger partial charge in [0, 0.05) is 26.2 Å². The lowest BCUT2D eigenvalue weighted by Gasteiger charge is -2.23. The Morgan fingerprint density at radius 1 is 0.947 bits per heavy atom. The average molecular weight is 339 g/mol. The van der Waals surface area contributed by atoms with Crippen LogP contribution < -0.4 is 5.73 Å². The van der Waals surface area contributed by atoms with E-state index >= 15 is 0 Å². The molecule has 0 fully saturated rings. The summed E-state index contributed by atoms with van der Waals surface area (Å²) in [6, 6.07) is 0. The van der Waals surface area contributed by atoms with Crippen molar-refractivity contribution < 1.29 is 0 Å². The average Bonchev–Trinajstić information content (AvgIpc) is 2.40. The first-order chi connectivity index (χ1) is 9.01. The largest absolute Gasteiger partial charge is 0.357 e. The summed E-state index contributed by atoms with van der Waals surface area (Å²) in [7, 11) is 3.18. The van der Waals surface area contributed by atoms with Crippen molar-refractivity contribution in [3.05, 3.63) is 0 Å². The fourth-order valence-corrected chi connectivity index (χ4v) is 4.20. The highest BCUT2D eigenvalue weighted by Gasteiger charge is 2.11. The Hall–Kier alpha value is -0.230. The molecule has 0 unspecified atom stereocenters. The van der Waals surface area contributed by atoms with Crippen LogP contribution >= 0.6 is 46.0 Å². The predicted molar refractivity (Wildman–Crippen MR) is 96.0 cm³/mol. The van der Waals surface area contributed by atoms with Gasteiger partial charge in [-0.05, 0) is 49.3 Å². The molecular weight excluding hydrogens is 316 g/mol. The van der Waals surface area contributed by atoms with Gasteiger partial charge in [0.25, 0.3) is 0 Å². The maximum absolute atomic E-state index is 7.10. The van der Waals surface area contributed by atoms with Gasteiger partial charge in [-0.1, -0.05) is 24.4 Å². The summed E-state index contributed by atoms with van der Waals surface area (Å²) in [6.07, 6.45) is 1.25. The molecule has 4 nitrogen and oxygen atoms in total. The van der Waals surface area contributed by atoms with E-state index in [2.05, 4.69) is 43.2 Å². The summed E-state index contributed by atoms with van der Waals surface area (Å²) in [6.45, 7) is 12.3. The fraction of sp³-hybridized carbons (Fsp3) is 0.727. The van der Waals surface area contributed by atoms with Crippen LogP contribution in [0.3, 0.4) is 0 Å². The highest BCUT2D eigenvalue weighted by Crippen LogP contribution is 2.28. The Morgan fingerprint density at radius 2 is 1.16 bits per heavy atom. The lowest BCUT2D eigenvalue weighted by atomic mass is 10.6. The summed E-state index contributed by atoms with van der Waals surface area (Å²) in [5.41, 5.74) is 4.15. The fourth-order valence-electron chi connectivity index (χ4n) is 1.14. The van der Waals surface area contributed by atoms with Gasteiger partial charge in [-0.25, -0.2) is 0 Å². The lowest BCUT2D eigenvalue weighted by Crippen LogP contribution is -2.28. The van der Waals surface area contributed by atoms with Crippen molar-refractivity contribution in [1.82, 2.24) is 9.80 Å². The minimum atomic E-state index is 0.921. The summed E-state index contributed by atoms with van der Waals surface area (Å²) in [5, 5.41) is 7.10. The molecule has 0 aromatic carbocycles. The van der Waals surface area contributed by atoms with Crippen molar-refractivity contribution in [2.24, 2.45) is 5.73 Å². The van der Waals surface area contributed by atoms with Crippen molar-refractivity contribution >= 4 is 54.7 Å². The number of thiocarbonyl (C=S) groups is 2. The second-order valence-electron chi connectivity index (χ2n) is 3.17. The zero-order valence-corrected chi connectivity index (χ0v) is 15.1. The zero-order valence-electron chi connectivity index (χ0n) is 11.9. The van der Waals surface area contributed by atoms with Crippen molar-refractivity contribution in [3.8, 4) is 6.19 Å². The van der Waals surface area contributed by atoms with E-state index in [1.807, 2.05) is 0 Å². The van der Waals surface area contributed by atoms with Crippen LogP contribution in [-0.2, 0) is 0 Å². The molecule has 0 saturated carbocycles.